The molecule has 2 atom stereocenters. The predicted octanol–water partition coefficient (Wildman–Crippen LogP) is 2.74. The van der Waals surface area contributed by atoms with Crippen molar-refractivity contribution in [2.24, 2.45) is 5.92 Å². The predicted molar refractivity (Wildman–Crippen MR) is 82.1 cm³/mol. The Hall–Kier alpha value is -2.14. The maximum absolute atomic E-state index is 5.88. The van der Waals surface area contributed by atoms with Gasteiger partial charge in [-0.1, -0.05) is 6.07 Å². The summed E-state index contributed by atoms with van der Waals surface area (Å²) in [6.07, 6.45) is 7.64. The molecule has 1 aliphatic carbocycles. The van der Waals surface area contributed by atoms with E-state index >= 15 is 0 Å². The fourth-order valence-corrected chi connectivity index (χ4v) is 2.52. The Morgan fingerprint density at radius 3 is 2.91 bits per heavy atom. The highest BCUT2D eigenvalue weighted by Crippen LogP contribution is 2.33. The molecule has 0 radical (unpaired) electrons. The lowest BCUT2D eigenvalue weighted by atomic mass is 10.3. The van der Waals surface area contributed by atoms with Gasteiger partial charge in [-0.15, -0.1) is 0 Å². The molecule has 2 heterocycles. The largest absolute Gasteiger partial charge is 0.492 e. The summed E-state index contributed by atoms with van der Waals surface area (Å²) in [6, 6.07) is 8.25. The molecule has 5 heteroatoms. The third-order valence-electron chi connectivity index (χ3n) is 4.03. The molecule has 5 nitrogen and oxygen atoms in total. The van der Waals surface area contributed by atoms with Crippen molar-refractivity contribution in [1.82, 2.24) is 14.9 Å². The minimum absolute atomic E-state index is 0.484. The SMILES string of the molecule is c1cc(OCC2CN2CC2CC2)cc(Oc2cnccn2)c1. The van der Waals surface area contributed by atoms with Gasteiger partial charge in [0.15, 0.2) is 0 Å². The lowest BCUT2D eigenvalue weighted by Crippen LogP contribution is -2.12. The van der Waals surface area contributed by atoms with Crippen molar-refractivity contribution in [2.45, 2.75) is 18.9 Å². The lowest BCUT2D eigenvalue weighted by Gasteiger charge is -2.09. The lowest BCUT2D eigenvalue weighted by molar-refractivity contribution is 0.291. The number of ether oxygens (including phenoxy) is 2. The van der Waals surface area contributed by atoms with Gasteiger partial charge in [0.05, 0.1) is 12.2 Å². The molecular weight excluding hydrogens is 278 g/mol. The molecule has 2 aliphatic rings. The Balaban J connectivity index is 1.30. The van der Waals surface area contributed by atoms with Gasteiger partial charge in [0.1, 0.15) is 18.1 Å². The number of benzene rings is 1. The van der Waals surface area contributed by atoms with Crippen molar-refractivity contribution in [3.05, 3.63) is 42.9 Å². The molecule has 1 aromatic heterocycles. The maximum atomic E-state index is 5.88. The fourth-order valence-electron chi connectivity index (χ4n) is 2.52. The Morgan fingerprint density at radius 2 is 2.09 bits per heavy atom. The highest BCUT2D eigenvalue weighted by Gasteiger charge is 2.38. The summed E-state index contributed by atoms with van der Waals surface area (Å²) < 4.78 is 11.5. The first-order valence-electron chi connectivity index (χ1n) is 7.77. The Labute approximate surface area is 129 Å². The van der Waals surface area contributed by atoms with Gasteiger partial charge in [-0.05, 0) is 30.9 Å². The van der Waals surface area contributed by atoms with Gasteiger partial charge >= 0.3 is 0 Å². The van der Waals surface area contributed by atoms with Gasteiger partial charge in [-0.2, -0.15) is 0 Å². The van der Waals surface area contributed by atoms with Crippen LogP contribution in [0.25, 0.3) is 0 Å². The van der Waals surface area contributed by atoms with E-state index in [0.717, 1.165) is 18.3 Å². The second-order valence-electron chi connectivity index (χ2n) is 5.98. The second kappa shape index (κ2) is 5.93. The van der Waals surface area contributed by atoms with Gasteiger partial charge in [0.2, 0.25) is 5.88 Å². The molecule has 1 saturated heterocycles. The molecule has 0 N–H and O–H groups in total. The molecule has 22 heavy (non-hydrogen) atoms. The fraction of sp³-hybridized carbons (Fsp3) is 0.412. The summed E-state index contributed by atoms with van der Waals surface area (Å²) in [6.45, 7) is 3.18. The Bertz CT molecular complexity index is 631. The van der Waals surface area contributed by atoms with Gasteiger partial charge in [0.25, 0.3) is 0 Å². The molecule has 0 amide bonds. The minimum Gasteiger partial charge on any atom is -0.492 e. The molecule has 1 aromatic carbocycles. The van der Waals surface area contributed by atoms with Gasteiger partial charge in [0, 0.05) is 31.5 Å². The highest BCUT2D eigenvalue weighted by molar-refractivity contribution is 5.34. The first kappa shape index (κ1) is 13.5. The summed E-state index contributed by atoms with van der Waals surface area (Å²) in [5.41, 5.74) is 0. The summed E-state index contributed by atoms with van der Waals surface area (Å²) in [7, 11) is 0. The van der Waals surface area contributed by atoms with Crippen LogP contribution >= 0.6 is 0 Å². The zero-order valence-corrected chi connectivity index (χ0v) is 12.4. The van der Waals surface area contributed by atoms with Crippen molar-refractivity contribution in [2.75, 3.05) is 19.7 Å². The molecule has 0 bridgehead atoms. The van der Waals surface area contributed by atoms with Crippen molar-refractivity contribution in [3.63, 3.8) is 0 Å². The molecule has 2 fully saturated rings. The number of aromatic nitrogens is 2. The van der Waals surface area contributed by atoms with E-state index in [1.165, 1.54) is 25.9 Å². The first-order valence-corrected chi connectivity index (χ1v) is 7.77. The number of hydrogen-bond acceptors (Lipinski definition) is 5. The summed E-state index contributed by atoms with van der Waals surface area (Å²) >= 11 is 0. The summed E-state index contributed by atoms with van der Waals surface area (Å²) in [5, 5.41) is 0. The highest BCUT2D eigenvalue weighted by atomic mass is 16.5. The van der Waals surface area contributed by atoms with E-state index in [2.05, 4.69) is 14.9 Å². The van der Waals surface area contributed by atoms with Crippen LogP contribution in [-0.4, -0.2) is 40.6 Å². The molecule has 0 spiro atoms. The summed E-state index contributed by atoms with van der Waals surface area (Å²) in [5.74, 6) is 2.98. The van der Waals surface area contributed by atoms with Crippen molar-refractivity contribution < 1.29 is 9.47 Å². The maximum Gasteiger partial charge on any atom is 0.237 e. The van der Waals surface area contributed by atoms with Crippen molar-refractivity contribution >= 4 is 0 Å². The third-order valence-corrected chi connectivity index (χ3v) is 4.03. The van der Waals surface area contributed by atoms with Crippen molar-refractivity contribution in [1.29, 1.82) is 0 Å². The van der Waals surface area contributed by atoms with Crippen LogP contribution in [0.1, 0.15) is 12.8 Å². The van der Waals surface area contributed by atoms with E-state index < -0.39 is 0 Å². The zero-order chi connectivity index (χ0) is 14.8. The van der Waals surface area contributed by atoms with Crippen LogP contribution in [0.3, 0.4) is 0 Å². The summed E-state index contributed by atoms with van der Waals surface area (Å²) in [4.78, 5) is 10.6. The first-order chi connectivity index (χ1) is 10.9. The van der Waals surface area contributed by atoms with Crippen LogP contribution in [0.4, 0.5) is 0 Å². The van der Waals surface area contributed by atoms with Crippen LogP contribution < -0.4 is 9.47 Å². The topological polar surface area (TPSA) is 47.2 Å². The standard InChI is InChI=1S/C17H19N3O2/c1-2-15(21-12-14-11-20(14)10-13-4-5-13)8-16(3-1)22-17-9-18-6-7-19-17/h1-3,6-9,13-14H,4-5,10-12H2. The molecule has 1 aliphatic heterocycles. The van der Waals surface area contributed by atoms with Crippen molar-refractivity contribution in [3.8, 4) is 17.4 Å². The van der Waals surface area contributed by atoms with Crippen LogP contribution in [0, 0.1) is 5.92 Å². The van der Waals surface area contributed by atoms with E-state index in [0.29, 0.717) is 17.7 Å². The van der Waals surface area contributed by atoms with Gasteiger partial charge in [-0.25, -0.2) is 4.98 Å². The quantitative estimate of drug-likeness (QED) is 0.735. The van der Waals surface area contributed by atoms with E-state index in [1.54, 1.807) is 18.6 Å². The third kappa shape index (κ3) is 3.54. The monoisotopic (exact) mass is 297 g/mol. The van der Waals surface area contributed by atoms with E-state index in [1.807, 2.05) is 24.3 Å². The average molecular weight is 297 g/mol. The zero-order valence-electron chi connectivity index (χ0n) is 12.4. The molecule has 2 unspecified atom stereocenters. The van der Waals surface area contributed by atoms with Crippen LogP contribution in [0.15, 0.2) is 42.9 Å². The van der Waals surface area contributed by atoms with E-state index in [-0.39, 0.29) is 0 Å². The minimum atomic E-state index is 0.484. The van der Waals surface area contributed by atoms with E-state index in [9.17, 15) is 0 Å². The second-order valence-corrected chi connectivity index (χ2v) is 5.98. The molecule has 2 aromatic rings. The molecule has 4 rings (SSSR count). The number of rotatable bonds is 7. The smallest absolute Gasteiger partial charge is 0.237 e. The molecular formula is C17H19N3O2. The van der Waals surface area contributed by atoms with Crippen LogP contribution in [0.2, 0.25) is 0 Å². The Kier molecular flexibility index (Phi) is 3.64. The Morgan fingerprint density at radius 1 is 1.18 bits per heavy atom. The van der Waals surface area contributed by atoms with Gasteiger partial charge < -0.3 is 9.47 Å². The number of nitrogens with zero attached hydrogens (tertiary/aromatic N) is 3. The van der Waals surface area contributed by atoms with E-state index in [4.69, 9.17) is 9.47 Å². The van der Waals surface area contributed by atoms with Crippen LogP contribution in [0.5, 0.6) is 17.4 Å². The molecule has 1 saturated carbocycles. The average Bonchev–Trinajstić information content (AvgIpc) is 3.46. The van der Waals surface area contributed by atoms with Crippen LogP contribution in [-0.2, 0) is 0 Å². The van der Waals surface area contributed by atoms with Gasteiger partial charge in [-0.3, -0.25) is 9.88 Å². The molecule has 114 valence electrons. The number of hydrogen-bond donors (Lipinski definition) is 0. The normalized spacial score (nSPS) is 23.1.